The minimum atomic E-state index is -0.0579. The Morgan fingerprint density at radius 1 is 1.29 bits per heavy atom. The van der Waals surface area contributed by atoms with Gasteiger partial charge in [0.2, 0.25) is 0 Å². The Hall–Kier alpha value is -2.27. The molecule has 0 spiro atoms. The van der Waals surface area contributed by atoms with E-state index in [1.165, 1.54) is 0 Å². The summed E-state index contributed by atoms with van der Waals surface area (Å²) in [5, 5.41) is 4.17. The van der Waals surface area contributed by atoms with Crippen molar-refractivity contribution in [1.29, 1.82) is 0 Å². The summed E-state index contributed by atoms with van der Waals surface area (Å²) in [7, 11) is 0. The van der Waals surface area contributed by atoms with Crippen LogP contribution in [0.4, 0.5) is 0 Å². The fourth-order valence-corrected chi connectivity index (χ4v) is 3.62. The highest BCUT2D eigenvalue weighted by molar-refractivity contribution is 7.18. The number of fused-ring (bicyclic) bond motifs is 1. The molecule has 3 aromatic rings. The molecule has 1 aromatic carbocycles. The molecule has 0 aliphatic carbocycles. The van der Waals surface area contributed by atoms with E-state index in [0.29, 0.717) is 11.5 Å². The van der Waals surface area contributed by atoms with Crippen LogP contribution in [-0.4, -0.2) is 15.9 Å². The predicted molar refractivity (Wildman–Crippen MR) is 98.3 cm³/mol. The number of nitrogens with zero attached hydrogens (tertiary/aromatic N) is 2. The Bertz CT molecular complexity index is 842. The third-order valence-electron chi connectivity index (χ3n) is 3.86. The SMILES string of the molecule is Cc1nc2ccc(C(=O)NC(CC(C)C)c3cccnc3)cc2s1. The van der Waals surface area contributed by atoms with Crippen LogP contribution in [0.3, 0.4) is 0 Å². The highest BCUT2D eigenvalue weighted by Crippen LogP contribution is 2.24. The average molecular weight is 339 g/mol. The lowest BCUT2D eigenvalue weighted by molar-refractivity contribution is 0.0932. The lowest BCUT2D eigenvalue weighted by Crippen LogP contribution is -2.29. The molecule has 1 atom stereocenters. The van der Waals surface area contributed by atoms with Gasteiger partial charge in [-0.25, -0.2) is 4.98 Å². The predicted octanol–water partition coefficient (Wildman–Crippen LogP) is 4.52. The maximum absolute atomic E-state index is 12.7. The van der Waals surface area contributed by atoms with Gasteiger partial charge in [0.15, 0.2) is 0 Å². The quantitative estimate of drug-likeness (QED) is 0.744. The number of nitrogens with one attached hydrogen (secondary N) is 1. The lowest BCUT2D eigenvalue weighted by atomic mass is 9.98. The van der Waals surface area contributed by atoms with E-state index in [4.69, 9.17) is 0 Å². The number of hydrogen-bond donors (Lipinski definition) is 1. The van der Waals surface area contributed by atoms with Crippen LogP contribution in [0.5, 0.6) is 0 Å². The molecule has 3 rings (SSSR count). The van der Waals surface area contributed by atoms with E-state index in [1.807, 2.05) is 43.5 Å². The van der Waals surface area contributed by atoms with Crippen LogP contribution in [0.2, 0.25) is 0 Å². The van der Waals surface area contributed by atoms with Gasteiger partial charge in [0.25, 0.3) is 5.91 Å². The maximum atomic E-state index is 12.7. The summed E-state index contributed by atoms with van der Waals surface area (Å²) in [4.78, 5) is 21.3. The molecule has 1 amide bonds. The van der Waals surface area contributed by atoms with Crippen molar-refractivity contribution < 1.29 is 4.79 Å². The summed E-state index contributed by atoms with van der Waals surface area (Å²) in [6.07, 6.45) is 4.44. The normalized spacial score (nSPS) is 12.5. The van der Waals surface area contributed by atoms with Crippen LogP contribution in [0.25, 0.3) is 10.2 Å². The number of aromatic nitrogens is 2. The van der Waals surface area contributed by atoms with Gasteiger partial charge in [-0.15, -0.1) is 11.3 Å². The first-order chi connectivity index (χ1) is 11.5. The third kappa shape index (κ3) is 3.79. The van der Waals surface area contributed by atoms with E-state index in [-0.39, 0.29) is 11.9 Å². The number of hydrogen-bond acceptors (Lipinski definition) is 4. The third-order valence-corrected chi connectivity index (χ3v) is 4.79. The van der Waals surface area contributed by atoms with Crippen LogP contribution < -0.4 is 5.32 Å². The number of carbonyl (C=O) groups excluding carboxylic acids is 1. The molecular weight excluding hydrogens is 318 g/mol. The second-order valence-corrected chi connectivity index (χ2v) is 7.59. The molecule has 4 nitrogen and oxygen atoms in total. The molecule has 0 fully saturated rings. The van der Waals surface area contributed by atoms with Gasteiger partial charge in [-0.2, -0.15) is 0 Å². The van der Waals surface area contributed by atoms with Crippen molar-refractivity contribution in [3.8, 4) is 0 Å². The Labute approximate surface area is 146 Å². The van der Waals surface area contributed by atoms with Gasteiger partial charge >= 0.3 is 0 Å². The first-order valence-corrected chi connectivity index (χ1v) is 8.92. The number of thiazole rings is 1. The van der Waals surface area contributed by atoms with Crippen LogP contribution in [0, 0.1) is 12.8 Å². The topological polar surface area (TPSA) is 54.9 Å². The summed E-state index contributed by atoms with van der Waals surface area (Å²) in [6.45, 7) is 6.29. The minimum absolute atomic E-state index is 0.0370. The van der Waals surface area contributed by atoms with Crippen molar-refractivity contribution in [2.75, 3.05) is 0 Å². The van der Waals surface area contributed by atoms with Crippen molar-refractivity contribution in [3.63, 3.8) is 0 Å². The van der Waals surface area contributed by atoms with Gasteiger partial charge in [0.05, 0.1) is 21.3 Å². The number of aryl methyl sites for hydroxylation is 1. The van der Waals surface area contributed by atoms with E-state index < -0.39 is 0 Å². The van der Waals surface area contributed by atoms with Crippen molar-refractivity contribution >= 4 is 27.5 Å². The van der Waals surface area contributed by atoms with Crippen molar-refractivity contribution in [3.05, 3.63) is 58.9 Å². The second kappa shape index (κ2) is 7.09. The highest BCUT2D eigenvalue weighted by atomic mass is 32.1. The molecule has 1 N–H and O–H groups in total. The van der Waals surface area contributed by atoms with Crippen molar-refractivity contribution in [2.45, 2.75) is 33.2 Å². The molecule has 0 saturated carbocycles. The zero-order valence-electron chi connectivity index (χ0n) is 14.1. The van der Waals surface area contributed by atoms with Crippen LogP contribution in [0.1, 0.15) is 47.2 Å². The standard InChI is InChI=1S/C19H21N3OS/c1-12(2)9-17(15-5-4-8-20-11-15)22-19(23)14-6-7-16-18(10-14)24-13(3)21-16/h4-8,10-12,17H,9H2,1-3H3,(H,22,23). The number of amides is 1. The number of benzene rings is 1. The number of rotatable bonds is 5. The Morgan fingerprint density at radius 3 is 2.83 bits per heavy atom. The van der Waals surface area contributed by atoms with Crippen LogP contribution >= 0.6 is 11.3 Å². The summed E-state index contributed by atoms with van der Waals surface area (Å²) in [5.74, 6) is 0.416. The van der Waals surface area contributed by atoms with Gasteiger partial charge in [0, 0.05) is 18.0 Å². The zero-order chi connectivity index (χ0) is 17.1. The Balaban J connectivity index is 1.83. The minimum Gasteiger partial charge on any atom is -0.345 e. The molecule has 124 valence electrons. The summed E-state index contributed by atoms with van der Waals surface area (Å²) in [5.41, 5.74) is 2.65. The first kappa shape index (κ1) is 16.6. The van der Waals surface area contributed by atoms with E-state index in [1.54, 1.807) is 17.5 Å². The Kier molecular flexibility index (Phi) is 4.90. The highest BCUT2D eigenvalue weighted by Gasteiger charge is 2.18. The van der Waals surface area contributed by atoms with E-state index >= 15 is 0 Å². The van der Waals surface area contributed by atoms with Crippen LogP contribution in [-0.2, 0) is 0 Å². The molecule has 24 heavy (non-hydrogen) atoms. The van der Waals surface area contributed by atoms with Gasteiger partial charge in [0.1, 0.15) is 0 Å². The average Bonchev–Trinajstić information content (AvgIpc) is 2.93. The van der Waals surface area contributed by atoms with Crippen LogP contribution in [0.15, 0.2) is 42.7 Å². The number of pyridine rings is 1. The largest absolute Gasteiger partial charge is 0.345 e. The molecule has 0 aliphatic rings. The fraction of sp³-hybridized carbons (Fsp3) is 0.316. The second-order valence-electron chi connectivity index (χ2n) is 6.36. The smallest absolute Gasteiger partial charge is 0.251 e. The molecule has 2 aromatic heterocycles. The number of carbonyl (C=O) groups is 1. The summed E-state index contributed by atoms with van der Waals surface area (Å²) < 4.78 is 1.04. The lowest BCUT2D eigenvalue weighted by Gasteiger charge is -2.21. The van der Waals surface area contributed by atoms with Crippen molar-refractivity contribution in [2.24, 2.45) is 5.92 Å². The Morgan fingerprint density at radius 2 is 2.12 bits per heavy atom. The molecule has 0 aliphatic heterocycles. The molecule has 0 radical (unpaired) electrons. The first-order valence-electron chi connectivity index (χ1n) is 8.11. The molecule has 1 unspecified atom stereocenters. The molecule has 0 saturated heterocycles. The zero-order valence-corrected chi connectivity index (χ0v) is 14.9. The monoisotopic (exact) mass is 339 g/mol. The van der Waals surface area contributed by atoms with E-state index in [2.05, 4.69) is 29.1 Å². The molecular formula is C19H21N3OS. The maximum Gasteiger partial charge on any atom is 0.251 e. The van der Waals surface area contributed by atoms with Crippen molar-refractivity contribution in [1.82, 2.24) is 15.3 Å². The van der Waals surface area contributed by atoms with Gasteiger partial charge < -0.3 is 5.32 Å². The summed E-state index contributed by atoms with van der Waals surface area (Å²) in [6, 6.07) is 9.55. The van der Waals surface area contributed by atoms with E-state index in [9.17, 15) is 4.79 Å². The van der Waals surface area contributed by atoms with Gasteiger partial charge in [-0.05, 0) is 49.1 Å². The van der Waals surface area contributed by atoms with Gasteiger partial charge in [-0.1, -0.05) is 19.9 Å². The molecule has 0 bridgehead atoms. The molecule has 5 heteroatoms. The van der Waals surface area contributed by atoms with E-state index in [0.717, 1.165) is 27.2 Å². The molecule has 2 heterocycles. The fourth-order valence-electron chi connectivity index (χ4n) is 2.75. The summed E-state index contributed by atoms with van der Waals surface area (Å²) >= 11 is 1.61. The van der Waals surface area contributed by atoms with Gasteiger partial charge in [-0.3, -0.25) is 9.78 Å².